The van der Waals surface area contributed by atoms with Gasteiger partial charge in [0.2, 0.25) is 0 Å². The molecule has 2 unspecified atom stereocenters. The molecule has 0 spiro atoms. The average molecular weight is 306 g/mol. The maximum absolute atomic E-state index is 12.8. The number of Topliss-reactive ketones (excluding diaryl/α,β-unsaturated/α-hetero) is 1. The Labute approximate surface area is 130 Å². The first-order chi connectivity index (χ1) is 10.1. The van der Waals surface area contributed by atoms with E-state index in [-0.39, 0.29) is 17.9 Å². The topological polar surface area (TPSA) is 37.4 Å². The van der Waals surface area contributed by atoms with Gasteiger partial charge in [0.15, 0.2) is 0 Å². The lowest BCUT2D eigenvalue weighted by molar-refractivity contribution is -0.121. The smallest absolute Gasteiger partial charge is 0.254 e. The second-order valence-corrected chi connectivity index (χ2v) is 6.54. The number of hydrogen-bond acceptors (Lipinski definition) is 2. The van der Waals surface area contributed by atoms with E-state index >= 15 is 0 Å². The monoisotopic (exact) mass is 305 g/mol. The molecule has 0 aromatic heterocycles. The first-order valence-corrected chi connectivity index (χ1v) is 8.05. The van der Waals surface area contributed by atoms with E-state index in [0.717, 1.165) is 37.8 Å². The first-order valence-electron chi connectivity index (χ1n) is 7.68. The normalized spacial score (nSPS) is 25.6. The number of rotatable bonds is 2. The molecule has 1 saturated heterocycles. The van der Waals surface area contributed by atoms with E-state index in [4.69, 9.17) is 11.6 Å². The molecule has 1 saturated carbocycles. The van der Waals surface area contributed by atoms with E-state index in [2.05, 4.69) is 0 Å². The summed E-state index contributed by atoms with van der Waals surface area (Å²) in [7, 11) is 0. The standard InChI is InChI=1S/C17H20ClNO2/c1-11-10-12(7-8-14(11)18)17(21)19-9-3-5-15(19)13-4-2-6-16(13)20/h7-8,10,13,15H,2-6,9H2,1H3. The summed E-state index contributed by atoms with van der Waals surface area (Å²) in [5.41, 5.74) is 1.59. The van der Waals surface area contributed by atoms with Crippen molar-refractivity contribution in [3.8, 4) is 0 Å². The second kappa shape index (κ2) is 5.80. The number of nitrogens with zero attached hydrogens (tertiary/aromatic N) is 1. The Kier molecular flexibility index (Phi) is 4.03. The molecule has 2 fully saturated rings. The number of likely N-dealkylation sites (tertiary alicyclic amines) is 1. The van der Waals surface area contributed by atoms with Crippen molar-refractivity contribution in [2.45, 2.75) is 45.1 Å². The van der Waals surface area contributed by atoms with Crippen LogP contribution < -0.4 is 0 Å². The number of carbonyl (C=O) groups excluding carboxylic acids is 2. The third kappa shape index (κ3) is 2.71. The summed E-state index contributed by atoms with van der Waals surface area (Å²) < 4.78 is 0. The van der Waals surface area contributed by atoms with Gasteiger partial charge in [0.25, 0.3) is 5.91 Å². The number of hydrogen-bond donors (Lipinski definition) is 0. The van der Waals surface area contributed by atoms with Gasteiger partial charge in [0, 0.05) is 35.5 Å². The third-order valence-electron chi connectivity index (χ3n) is 4.78. The lowest BCUT2D eigenvalue weighted by Crippen LogP contribution is -2.41. The van der Waals surface area contributed by atoms with Crippen LogP contribution in [0.3, 0.4) is 0 Å². The molecule has 2 atom stereocenters. The van der Waals surface area contributed by atoms with E-state index in [1.165, 1.54) is 0 Å². The van der Waals surface area contributed by atoms with Gasteiger partial charge in [0.05, 0.1) is 0 Å². The Morgan fingerprint density at radius 1 is 1.29 bits per heavy atom. The van der Waals surface area contributed by atoms with Crippen LogP contribution in [0.5, 0.6) is 0 Å². The molecule has 112 valence electrons. The van der Waals surface area contributed by atoms with Crippen LogP contribution in [0.1, 0.15) is 48.0 Å². The van der Waals surface area contributed by atoms with Crippen molar-refractivity contribution in [1.82, 2.24) is 4.90 Å². The van der Waals surface area contributed by atoms with Crippen LogP contribution in [0.15, 0.2) is 18.2 Å². The van der Waals surface area contributed by atoms with Crippen molar-refractivity contribution in [3.05, 3.63) is 34.3 Å². The van der Waals surface area contributed by atoms with Crippen LogP contribution in [0.4, 0.5) is 0 Å². The van der Waals surface area contributed by atoms with Crippen molar-refractivity contribution >= 4 is 23.3 Å². The highest BCUT2D eigenvalue weighted by Gasteiger charge is 2.40. The largest absolute Gasteiger partial charge is 0.335 e. The molecule has 3 rings (SSSR count). The van der Waals surface area contributed by atoms with Crippen molar-refractivity contribution < 1.29 is 9.59 Å². The van der Waals surface area contributed by atoms with Gasteiger partial charge >= 0.3 is 0 Å². The summed E-state index contributed by atoms with van der Waals surface area (Å²) in [6.07, 6.45) is 4.54. The molecule has 21 heavy (non-hydrogen) atoms. The van der Waals surface area contributed by atoms with Crippen molar-refractivity contribution in [2.24, 2.45) is 5.92 Å². The molecule has 1 aliphatic heterocycles. The average Bonchev–Trinajstić information content (AvgIpc) is 3.09. The molecule has 1 aromatic carbocycles. The predicted octanol–water partition coefficient (Wildman–Crippen LogP) is 3.62. The van der Waals surface area contributed by atoms with Gasteiger partial charge in [-0.1, -0.05) is 11.6 Å². The van der Waals surface area contributed by atoms with E-state index in [1.54, 1.807) is 12.1 Å². The minimum atomic E-state index is 0.0389. The fourth-order valence-corrected chi connectivity index (χ4v) is 3.77. The maximum Gasteiger partial charge on any atom is 0.254 e. The van der Waals surface area contributed by atoms with Crippen LogP contribution >= 0.6 is 11.6 Å². The van der Waals surface area contributed by atoms with Gasteiger partial charge in [-0.05, 0) is 56.4 Å². The predicted molar refractivity (Wildman–Crippen MR) is 82.6 cm³/mol. The van der Waals surface area contributed by atoms with Crippen molar-refractivity contribution in [2.75, 3.05) is 6.54 Å². The molecule has 0 N–H and O–H groups in total. The zero-order valence-corrected chi connectivity index (χ0v) is 13.0. The Morgan fingerprint density at radius 2 is 2.10 bits per heavy atom. The van der Waals surface area contributed by atoms with Gasteiger partial charge in [-0.25, -0.2) is 0 Å². The Balaban J connectivity index is 1.82. The molecule has 1 aliphatic carbocycles. The quantitative estimate of drug-likeness (QED) is 0.837. The molecule has 4 heteroatoms. The molecule has 0 radical (unpaired) electrons. The van der Waals surface area contributed by atoms with Crippen molar-refractivity contribution in [1.29, 1.82) is 0 Å². The minimum Gasteiger partial charge on any atom is -0.335 e. The zero-order valence-electron chi connectivity index (χ0n) is 12.3. The molecule has 3 nitrogen and oxygen atoms in total. The molecule has 1 heterocycles. The molecule has 2 aliphatic rings. The van der Waals surface area contributed by atoms with Gasteiger partial charge in [-0.2, -0.15) is 0 Å². The molecule has 1 aromatic rings. The second-order valence-electron chi connectivity index (χ2n) is 6.14. The number of aryl methyl sites for hydroxylation is 1. The van der Waals surface area contributed by atoms with Crippen LogP contribution in [0.2, 0.25) is 5.02 Å². The SMILES string of the molecule is Cc1cc(C(=O)N2CCCC2C2CCCC2=O)ccc1Cl. The highest BCUT2D eigenvalue weighted by Crippen LogP contribution is 2.34. The number of amides is 1. The number of carbonyl (C=O) groups is 2. The zero-order chi connectivity index (χ0) is 15.0. The maximum atomic E-state index is 12.8. The lowest BCUT2D eigenvalue weighted by Gasteiger charge is -2.28. The van der Waals surface area contributed by atoms with E-state index in [1.807, 2.05) is 17.9 Å². The van der Waals surface area contributed by atoms with Crippen LogP contribution in [0.25, 0.3) is 0 Å². The lowest BCUT2D eigenvalue weighted by atomic mass is 9.94. The highest BCUT2D eigenvalue weighted by atomic mass is 35.5. The first kappa shape index (κ1) is 14.6. The summed E-state index contributed by atoms with van der Waals surface area (Å²) >= 11 is 6.03. The number of benzene rings is 1. The van der Waals surface area contributed by atoms with Crippen LogP contribution in [-0.2, 0) is 4.79 Å². The Morgan fingerprint density at radius 3 is 2.76 bits per heavy atom. The van der Waals surface area contributed by atoms with Gasteiger partial charge in [-0.3, -0.25) is 9.59 Å². The Bertz CT molecular complexity index is 584. The number of ketones is 1. The summed E-state index contributed by atoms with van der Waals surface area (Å²) in [6.45, 7) is 2.66. The summed E-state index contributed by atoms with van der Waals surface area (Å²) in [4.78, 5) is 26.7. The van der Waals surface area contributed by atoms with Crippen LogP contribution in [0, 0.1) is 12.8 Å². The fraction of sp³-hybridized carbons (Fsp3) is 0.529. The molecular weight excluding hydrogens is 286 g/mol. The summed E-state index contributed by atoms with van der Waals surface area (Å²) in [6, 6.07) is 5.50. The molecule has 1 amide bonds. The van der Waals surface area contributed by atoms with E-state index < -0.39 is 0 Å². The minimum absolute atomic E-state index is 0.0389. The summed E-state index contributed by atoms with van der Waals surface area (Å²) in [5.74, 6) is 0.439. The highest BCUT2D eigenvalue weighted by molar-refractivity contribution is 6.31. The Hall–Kier alpha value is -1.35. The van der Waals surface area contributed by atoms with Gasteiger partial charge < -0.3 is 4.90 Å². The fourth-order valence-electron chi connectivity index (χ4n) is 3.66. The van der Waals surface area contributed by atoms with Gasteiger partial charge in [-0.15, -0.1) is 0 Å². The molecule has 0 bridgehead atoms. The number of halogens is 1. The molecular formula is C17H20ClNO2. The van der Waals surface area contributed by atoms with Crippen molar-refractivity contribution in [3.63, 3.8) is 0 Å². The van der Waals surface area contributed by atoms with Gasteiger partial charge in [0.1, 0.15) is 5.78 Å². The van der Waals surface area contributed by atoms with E-state index in [0.29, 0.717) is 22.8 Å². The third-order valence-corrected chi connectivity index (χ3v) is 5.21. The van der Waals surface area contributed by atoms with Crippen LogP contribution in [-0.4, -0.2) is 29.2 Å². The van der Waals surface area contributed by atoms with E-state index in [9.17, 15) is 9.59 Å². The summed E-state index contributed by atoms with van der Waals surface area (Å²) in [5, 5.41) is 0.676.